The summed E-state index contributed by atoms with van der Waals surface area (Å²) in [4.78, 5) is 55.2. The minimum Gasteiger partial charge on any atom is -0.365 e. The van der Waals surface area contributed by atoms with Gasteiger partial charge in [-0.25, -0.2) is 9.59 Å². The number of ether oxygens (including phenoxy) is 1. The molecule has 3 amide bonds. The summed E-state index contributed by atoms with van der Waals surface area (Å²) in [5.41, 5.74) is 6.35. The molecule has 1 saturated heterocycles. The molecule has 2 fully saturated rings. The van der Waals surface area contributed by atoms with Crippen LogP contribution >= 0.6 is 0 Å². The van der Waals surface area contributed by atoms with Gasteiger partial charge in [-0.15, -0.1) is 0 Å². The van der Waals surface area contributed by atoms with Crippen molar-refractivity contribution < 1.29 is 14.3 Å². The molecule has 1 saturated carbocycles. The minimum atomic E-state index is -0.923. The van der Waals surface area contributed by atoms with Crippen molar-refractivity contribution in [3.05, 3.63) is 69.4 Å². The number of primary amides is 1. The number of urea groups is 1. The number of nitrogens with zero attached hydrogens (tertiary/aromatic N) is 4. The molecule has 2 heterocycles. The van der Waals surface area contributed by atoms with Gasteiger partial charge >= 0.3 is 11.7 Å². The Morgan fingerprint density at radius 3 is 2.46 bits per heavy atom. The second-order valence-electron chi connectivity index (χ2n) is 9.96. The second kappa shape index (κ2) is 9.85. The van der Waals surface area contributed by atoms with Crippen LogP contribution in [0.3, 0.4) is 0 Å². The third-order valence-corrected chi connectivity index (χ3v) is 6.95. The van der Waals surface area contributed by atoms with Crippen molar-refractivity contribution in [1.82, 2.24) is 14.0 Å². The van der Waals surface area contributed by atoms with Crippen LogP contribution in [0.25, 0.3) is 10.9 Å². The zero-order valence-corrected chi connectivity index (χ0v) is 21.0. The number of anilines is 2. The van der Waals surface area contributed by atoms with Gasteiger partial charge in [-0.05, 0) is 62.9 Å². The Morgan fingerprint density at radius 1 is 1.08 bits per heavy atom. The largest absolute Gasteiger partial charge is 0.365 e. The summed E-state index contributed by atoms with van der Waals surface area (Å²) in [5, 5.41) is 0.364. The van der Waals surface area contributed by atoms with Crippen molar-refractivity contribution >= 4 is 34.2 Å². The lowest BCUT2D eigenvalue weighted by atomic mass is 10.1. The number of nitrogens with two attached hydrogens (primary N) is 1. The fourth-order valence-electron chi connectivity index (χ4n) is 4.85. The van der Waals surface area contributed by atoms with Crippen LogP contribution in [0.1, 0.15) is 32.7 Å². The molecule has 37 heavy (non-hydrogen) atoms. The third kappa shape index (κ3) is 4.76. The van der Waals surface area contributed by atoms with Gasteiger partial charge in [0.2, 0.25) is 0 Å². The van der Waals surface area contributed by atoms with Crippen molar-refractivity contribution in [2.24, 2.45) is 11.7 Å². The summed E-state index contributed by atoms with van der Waals surface area (Å²) in [6, 6.07) is 13.4. The Hall–Kier alpha value is -3.92. The third-order valence-electron chi connectivity index (χ3n) is 6.95. The summed E-state index contributed by atoms with van der Waals surface area (Å²) < 4.78 is 8.70. The summed E-state index contributed by atoms with van der Waals surface area (Å²) in [7, 11) is 0. The molecule has 5 rings (SSSR count). The lowest BCUT2D eigenvalue weighted by molar-refractivity contribution is -0.133. The number of para-hydroxylation sites is 1. The predicted molar refractivity (Wildman–Crippen MR) is 140 cm³/mol. The standard InChI is InChI=1S/C27H31N5O5/c1-17(2)31-22-11-10-20(14-21(22)24(33)30(27(31)36)15-18-8-9-18)32(19-6-4-3-5-7-19)25(34)23-16-29(26(28)35)12-13-37-23/h3-7,10-11,14,17-18,23H,8-9,12-13,15-16H2,1-2H3,(H2,28,35). The zero-order valence-electron chi connectivity index (χ0n) is 21.0. The maximum absolute atomic E-state index is 13.8. The number of carbonyl (C=O) groups excluding carboxylic acids is 2. The Morgan fingerprint density at radius 2 is 1.81 bits per heavy atom. The first-order valence-corrected chi connectivity index (χ1v) is 12.6. The van der Waals surface area contributed by atoms with Crippen LogP contribution in [0.4, 0.5) is 16.2 Å². The van der Waals surface area contributed by atoms with Gasteiger partial charge in [0.25, 0.3) is 11.5 Å². The number of aromatic nitrogens is 2. The van der Waals surface area contributed by atoms with Crippen LogP contribution in [-0.4, -0.2) is 51.8 Å². The molecule has 1 unspecified atom stereocenters. The molecule has 10 nitrogen and oxygen atoms in total. The molecule has 0 radical (unpaired) electrons. The van der Waals surface area contributed by atoms with Crippen molar-refractivity contribution in [3.8, 4) is 0 Å². The van der Waals surface area contributed by atoms with Crippen LogP contribution in [0, 0.1) is 5.92 Å². The van der Waals surface area contributed by atoms with Crippen LogP contribution in [0.5, 0.6) is 0 Å². The van der Waals surface area contributed by atoms with Gasteiger partial charge in [0, 0.05) is 30.5 Å². The van der Waals surface area contributed by atoms with Crippen molar-refractivity contribution in [2.75, 3.05) is 24.6 Å². The van der Waals surface area contributed by atoms with Gasteiger partial charge in [-0.3, -0.25) is 23.6 Å². The average Bonchev–Trinajstić information content (AvgIpc) is 3.72. The molecule has 0 bridgehead atoms. The molecule has 2 aromatic carbocycles. The molecule has 1 aliphatic carbocycles. The molecule has 2 aliphatic rings. The van der Waals surface area contributed by atoms with E-state index in [1.54, 1.807) is 34.9 Å². The number of hydrogen-bond donors (Lipinski definition) is 1. The van der Waals surface area contributed by atoms with Crippen molar-refractivity contribution in [1.29, 1.82) is 0 Å². The smallest absolute Gasteiger partial charge is 0.331 e. The summed E-state index contributed by atoms with van der Waals surface area (Å²) in [5.74, 6) is -0.0438. The highest BCUT2D eigenvalue weighted by atomic mass is 16.5. The topological polar surface area (TPSA) is 120 Å². The average molecular weight is 506 g/mol. The molecule has 0 spiro atoms. The number of benzene rings is 2. The SMILES string of the molecule is CC(C)n1c(=O)n(CC2CC2)c(=O)c2cc(N(C(=O)C3CN(C(N)=O)CCO3)c3ccccc3)ccc21. The number of amides is 3. The van der Waals surface area contributed by atoms with E-state index in [1.807, 2.05) is 32.0 Å². The molecular formula is C27H31N5O5. The molecule has 2 N–H and O–H groups in total. The summed E-state index contributed by atoms with van der Waals surface area (Å²) in [6.07, 6.45) is 1.09. The lowest BCUT2D eigenvalue weighted by Crippen LogP contribution is -2.53. The highest BCUT2D eigenvalue weighted by Crippen LogP contribution is 2.31. The Balaban J connectivity index is 1.64. The molecule has 10 heteroatoms. The number of carbonyl (C=O) groups is 2. The first-order chi connectivity index (χ1) is 17.8. The van der Waals surface area contributed by atoms with Crippen LogP contribution < -0.4 is 21.9 Å². The van der Waals surface area contributed by atoms with Gasteiger partial charge in [-0.1, -0.05) is 18.2 Å². The fraction of sp³-hybridized carbons (Fsp3) is 0.407. The predicted octanol–water partition coefficient (Wildman–Crippen LogP) is 2.60. The van der Waals surface area contributed by atoms with E-state index in [0.29, 0.717) is 41.3 Å². The molecule has 1 aromatic heterocycles. The van der Waals surface area contributed by atoms with Gasteiger partial charge < -0.3 is 15.4 Å². The van der Waals surface area contributed by atoms with E-state index >= 15 is 0 Å². The highest BCUT2D eigenvalue weighted by molar-refractivity contribution is 6.04. The number of rotatable bonds is 6. The number of morpholine rings is 1. The summed E-state index contributed by atoms with van der Waals surface area (Å²) >= 11 is 0. The van der Waals surface area contributed by atoms with Gasteiger partial charge in [0.15, 0.2) is 6.10 Å². The molecule has 1 atom stereocenters. The van der Waals surface area contributed by atoms with Crippen LogP contribution in [0.2, 0.25) is 0 Å². The monoisotopic (exact) mass is 505 g/mol. The van der Waals surface area contributed by atoms with E-state index in [1.165, 1.54) is 14.4 Å². The van der Waals surface area contributed by atoms with E-state index in [-0.39, 0.29) is 36.3 Å². The molecular weight excluding hydrogens is 474 g/mol. The lowest BCUT2D eigenvalue weighted by Gasteiger charge is -2.34. The maximum atomic E-state index is 13.8. The number of hydrogen-bond acceptors (Lipinski definition) is 5. The highest BCUT2D eigenvalue weighted by Gasteiger charge is 2.33. The van der Waals surface area contributed by atoms with Crippen LogP contribution in [-0.2, 0) is 16.1 Å². The van der Waals surface area contributed by atoms with Gasteiger partial charge in [0.05, 0.1) is 24.1 Å². The van der Waals surface area contributed by atoms with Gasteiger partial charge in [0.1, 0.15) is 0 Å². The first-order valence-electron chi connectivity index (χ1n) is 12.6. The van der Waals surface area contributed by atoms with E-state index in [9.17, 15) is 19.2 Å². The molecule has 194 valence electrons. The first kappa shape index (κ1) is 24.8. The Labute approximate surface area is 213 Å². The quantitative estimate of drug-likeness (QED) is 0.552. The Bertz CT molecular complexity index is 1460. The molecule has 3 aromatic rings. The molecule has 1 aliphatic heterocycles. The zero-order chi connectivity index (χ0) is 26.3. The van der Waals surface area contributed by atoms with E-state index in [4.69, 9.17) is 10.5 Å². The van der Waals surface area contributed by atoms with Crippen LogP contribution in [0.15, 0.2) is 58.1 Å². The van der Waals surface area contributed by atoms with E-state index < -0.39 is 12.1 Å². The fourth-order valence-corrected chi connectivity index (χ4v) is 4.85. The van der Waals surface area contributed by atoms with E-state index in [2.05, 4.69) is 0 Å². The maximum Gasteiger partial charge on any atom is 0.331 e. The van der Waals surface area contributed by atoms with Crippen molar-refractivity contribution in [3.63, 3.8) is 0 Å². The van der Waals surface area contributed by atoms with Gasteiger partial charge in [-0.2, -0.15) is 0 Å². The normalized spacial score (nSPS) is 17.8. The Kier molecular flexibility index (Phi) is 6.59. The minimum absolute atomic E-state index is 0.0339. The van der Waals surface area contributed by atoms with Crippen molar-refractivity contribution in [2.45, 2.75) is 45.4 Å². The van der Waals surface area contributed by atoms with E-state index in [0.717, 1.165) is 12.8 Å². The second-order valence-corrected chi connectivity index (χ2v) is 9.96. The number of fused-ring (bicyclic) bond motifs is 1. The summed E-state index contributed by atoms with van der Waals surface area (Å²) in [6.45, 7) is 4.74.